The zero-order valence-corrected chi connectivity index (χ0v) is 8.60. The highest BCUT2D eigenvalue weighted by Crippen LogP contribution is 2.16. The fourth-order valence-electron chi connectivity index (χ4n) is 1.18. The molecule has 1 aromatic carbocycles. The highest BCUT2D eigenvalue weighted by atomic mass is 16.6. The molecule has 0 aliphatic heterocycles. The van der Waals surface area contributed by atoms with E-state index in [2.05, 4.69) is 5.32 Å². The molecule has 0 unspecified atom stereocenters. The van der Waals surface area contributed by atoms with Crippen molar-refractivity contribution in [1.29, 1.82) is 0 Å². The van der Waals surface area contributed by atoms with Crippen LogP contribution in [0.4, 0.5) is 11.4 Å². The van der Waals surface area contributed by atoms with Crippen molar-refractivity contribution < 1.29 is 9.66 Å². The lowest BCUT2D eigenvalue weighted by atomic mass is 10.3. The van der Waals surface area contributed by atoms with Crippen molar-refractivity contribution in [3.63, 3.8) is 0 Å². The van der Waals surface area contributed by atoms with Gasteiger partial charge in [0.1, 0.15) is 0 Å². The zero-order valence-electron chi connectivity index (χ0n) is 8.60. The van der Waals surface area contributed by atoms with E-state index in [0.29, 0.717) is 6.61 Å². The number of nitro groups is 1. The Labute approximate surface area is 88.2 Å². The summed E-state index contributed by atoms with van der Waals surface area (Å²) in [7, 11) is 1.65. The van der Waals surface area contributed by atoms with Crippen LogP contribution in [0.3, 0.4) is 0 Å². The van der Waals surface area contributed by atoms with E-state index in [9.17, 15) is 10.1 Å². The fourth-order valence-corrected chi connectivity index (χ4v) is 1.18. The van der Waals surface area contributed by atoms with Crippen molar-refractivity contribution in [2.75, 3.05) is 25.6 Å². The standard InChI is InChI=1S/C10H14N2O3/c1-15-7-3-6-11-9-4-2-5-10(8-9)12(13)14/h2,4-5,8,11H,3,6-7H2,1H3. The molecule has 82 valence electrons. The number of ether oxygens (including phenoxy) is 1. The smallest absolute Gasteiger partial charge is 0.271 e. The molecule has 1 N–H and O–H groups in total. The molecule has 0 aliphatic carbocycles. The quantitative estimate of drug-likeness (QED) is 0.443. The Kier molecular flexibility index (Phi) is 4.56. The van der Waals surface area contributed by atoms with Gasteiger partial charge in [0.25, 0.3) is 5.69 Å². The highest BCUT2D eigenvalue weighted by molar-refractivity contribution is 5.50. The van der Waals surface area contributed by atoms with Crippen LogP contribution in [-0.2, 0) is 4.74 Å². The van der Waals surface area contributed by atoms with Crippen LogP contribution >= 0.6 is 0 Å². The summed E-state index contributed by atoms with van der Waals surface area (Å²) in [4.78, 5) is 10.1. The molecule has 0 atom stereocenters. The number of hydrogen-bond donors (Lipinski definition) is 1. The Morgan fingerprint density at radius 1 is 1.53 bits per heavy atom. The van der Waals surface area contributed by atoms with Gasteiger partial charge in [-0.05, 0) is 12.5 Å². The molecule has 0 fully saturated rings. The maximum atomic E-state index is 10.5. The minimum absolute atomic E-state index is 0.103. The van der Waals surface area contributed by atoms with Crippen molar-refractivity contribution in [3.05, 3.63) is 34.4 Å². The maximum absolute atomic E-state index is 10.5. The summed E-state index contributed by atoms with van der Waals surface area (Å²) in [5.74, 6) is 0. The Bertz CT molecular complexity index is 328. The first-order chi connectivity index (χ1) is 7.24. The second-order valence-corrected chi connectivity index (χ2v) is 3.08. The number of methoxy groups -OCH3 is 1. The van der Waals surface area contributed by atoms with E-state index in [1.54, 1.807) is 19.2 Å². The van der Waals surface area contributed by atoms with Crippen LogP contribution in [0.15, 0.2) is 24.3 Å². The molecule has 1 rings (SSSR count). The van der Waals surface area contributed by atoms with Crippen molar-refractivity contribution in [2.45, 2.75) is 6.42 Å². The largest absolute Gasteiger partial charge is 0.385 e. The van der Waals surface area contributed by atoms with Gasteiger partial charge >= 0.3 is 0 Å². The monoisotopic (exact) mass is 210 g/mol. The molecule has 0 aromatic heterocycles. The van der Waals surface area contributed by atoms with Crippen LogP contribution in [0, 0.1) is 10.1 Å². The van der Waals surface area contributed by atoms with E-state index in [0.717, 1.165) is 18.7 Å². The van der Waals surface area contributed by atoms with Crippen molar-refractivity contribution in [2.24, 2.45) is 0 Å². The van der Waals surface area contributed by atoms with Gasteiger partial charge in [-0.15, -0.1) is 0 Å². The van der Waals surface area contributed by atoms with Gasteiger partial charge < -0.3 is 10.1 Å². The summed E-state index contributed by atoms with van der Waals surface area (Å²) in [6.07, 6.45) is 0.874. The van der Waals surface area contributed by atoms with Crippen LogP contribution in [0.2, 0.25) is 0 Å². The van der Waals surface area contributed by atoms with E-state index >= 15 is 0 Å². The molecule has 0 radical (unpaired) electrons. The number of rotatable bonds is 6. The minimum Gasteiger partial charge on any atom is -0.385 e. The molecule has 0 saturated heterocycles. The molecular weight excluding hydrogens is 196 g/mol. The van der Waals surface area contributed by atoms with E-state index in [1.807, 2.05) is 0 Å². The fraction of sp³-hybridized carbons (Fsp3) is 0.400. The van der Waals surface area contributed by atoms with Gasteiger partial charge in [0.15, 0.2) is 0 Å². The molecule has 5 heteroatoms. The minimum atomic E-state index is -0.402. The summed E-state index contributed by atoms with van der Waals surface area (Å²) in [5.41, 5.74) is 0.868. The lowest BCUT2D eigenvalue weighted by molar-refractivity contribution is -0.384. The number of anilines is 1. The van der Waals surface area contributed by atoms with Gasteiger partial charge in [0, 0.05) is 38.1 Å². The van der Waals surface area contributed by atoms with Crippen molar-refractivity contribution >= 4 is 11.4 Å². The normalized spacial score (nSPS) is 9.93. The van der Waals surface area contributed by atoms with E-state index in [-0.39, 0.29) is 5.69 Å². The third kappa shape index (κ3) is 3.95. The first kappa shape index (κ1) is 11.5. The average Bonchev–Trinajstić information content (AvgIpc) is 2.25. The SMILES string of the molecule is COCCCNc1cccc([N+](=O)[O-])c1. The molecule has 0 saturated carbocycles. The predicted octanol–water partition coefficient (Wildman–Crippen LogP) is 2.04. The molecule has 0 spiro atoms. The second kappa shape index (κ2) is 5.98. The van der Waals surface area contributed by atoms with Crippen LogP contribution in [0.5, 0.6) is 0 Å². The molecule has 0 heterocycles. The third-order valence-corrected chi connectivity index (χ3v) is 1.91. The number of hydrogen-bond acceptors (Lipinski definition) is 4. The Morgan fingerprint density at radius 2 is 2.33 bits per heavy atom. The number of nitrogens with zero attached hydrogens (tertiary/aromatic N) is 1. The Balaban J connectivity index is 2.47. The molecule has 0 amide bonds. The summed E-state index contributed by atoms with van der Waals surface area (Å²) in [6.45, 7) is 1.43. The lowest BCUT2D eigenvalue weighted by Crippen LogP contribution is -2.04. The lowest BCUT2D eigenvalue weighted by Gasteiger charge is -2.05. The first-order valence-electron chi connectivity index (χ1n) is 4.71. The predicted molar refractivity (Wildman–Crippen MR) is 58.1 cm³/mol. The third-order valence-electron chi connectivity index (χ3n) is 1.91. The molecule has 0 bridgehead atoms. The van der Waals surface area contributed by atoms with Gasteiger partial charge in [-0.2, -0.15) is 0 Å². The van der Waals surface area contributed by atoms with Gasteiger partial charge in [0.05, 0.1) is 4.92 Å². The van der Waals surface area contributed by atoms with E-state index in [1.165, 1.54) is 12.1 Å². The summed E-state index contributed by atoms with van der Waals surface area (Å²) < 4.78 is 4.89. The molecule has 15 heavy (non-hydrogen) atoms. The Morgan fingerprint density at radius 3 is 3.00 bits per heavy atom. The van der Waals surface area contributed by atoms with Gasteiger partial charge in [-0.3, -0.25) is 10.1 Å². The van der Waals surface area contributed by atoms with E-state index < -0.39 is 4.92 Å². The summed E-state index contributed by atoms with van der Waals surface area (Å²) >= 11 is 0. The van der Waals surface area contributed by atoms with Crippen LogP contribution in [-0.4, -0.2) is 25.2 Å². The van der Waals surface area contributed by atoms with Gasteiger partial charge in [-0.1, -0.05) is 6.07 Å². The average molecular weight is 210 g/mol. The van der Waals surface area contributed by atoms with E-state index in [4.69, 9.17) is 4.74 Å². The van der Waals surface area contributed by atoms with Crippen LogP contribution in [0.1, 0.15) is 6.42 Å². The number of benzene rings is 1. The van der Waals surface area contributed by atoms with Crippen LogP contribution in [0.25, 0.3) is 0 Å². The summed E-state index contributed by atoms with van der Waals surface area (Å²) in [5, 5.41) is 13.6. The second-order valence-electron chi connectivity index (χ2n) is 3.08. The van der Waals surface area contributed by atoms with Crippen molar-refractivity contribution in [1.82, 2.24) is 0 Å². The molecule has 0 aliphatic rings. The van der Waals surface area contributed by atoms with Crippen LogP contribution < -0.4 is 5.32 Å². The van der Waals surface area contributed by atoms with Gasteiger partial charge in [-0.25, -0.2) is 0 Å². The zero-order chi connectivity index (χ0) is 11.1. The Hall–Kier alpha value is -1.62. The van der Waals surface area contributed by atoms with Crippen molar-refractivity contribution in [3.8, 4) is 0 Å². The maximum Gasteiger partial charge on any atom is 0.271 e. The molecule has 5 nitrogen and oxygen atoms in total. The highest BCUT2D eigenvalue weighted by Gasteiger charge is 2.04. The summed E-state index contributed by atoms with van der Waals surface area (Å²) in [6, 6.07) is 6.46. The van der Waals surface area contributed by atoms with Gasteiger partial charge in [0.2, 0.25) is 0 Å². The molecule has 1 aromatic rings. The number of nitro benzene ring substituents is 1. The molecular formula is C10H14N2O3. The first-order valence-corrected chi connectivity index (χ1v) is 4.71. The topological polar surface area (TPSA) is 64.4 Å². The number of nitrogens with one attached hydrogen (secondary N) is 1. The number of non-ortho nitro benzene ring substituents is 1.